The minimum Gasteiger partial charge on any atom is -0.379 e. The molecular formula is C16H23Cl2FN2O. The molecule has 0 bridgehead atoms. The average molecular weight is 349 g/mol. The second-order valence-electron chi connectivity index (χ2n) is 5.92. The molecule has 3 unspecified atom stereocenters. The Hall–Kier alpha value is -0.390. The fourth-order valence-corrected chi connectivity index (χ4v) is 3.75. The van der Waals surface area contributed by atoms with Crippen molar-refractivity contribution < 1.29 is 9.13 Å². The summed E-state index contributed by atoms with van der Waals surface area (Å²) in [5.41, 5.74) is 0.567. The second kappa shape index (κ2) is 8.46. The normalized spacial score (nSPS) is 28.4. The zero-order valence-corrected chi connectivity index (χ0v) is 14.1. The van der Waals surface area contributed by atoms with Crippen molar-refractivity contribution in [2.75, 3.05) is 19.8 Å². The van der Waals surface area contributed by atoms with Gasteiger partial charge in [0.2, 0.25) is 0 Å². The lowest BCUT2D eigenvalue weighted by atomic mass is 9.94. The van der Waals surface area contributed by atoms with Crippen LogP contribution in [0.1, 0.15) is 24.8 Å². The topological polar surface area (TPSA) is 33.3 Å². The Morgan fingerprint density at radius 3 is 2.95 bits per heavy atom. The van der Waals surface area contributed by atoms with Gasteiger partial charge in [-0.1, -0.05) is 24.1 Å². The van der Waals surface area contributed by atoms with Gasteiger partial charge in [0, 0.05) is 35.8 Å². The minimum atomic E-state index is -0.233. The standard InChI is InChI=1S/C16H22ClFN2O.ClH/c17-13-4-2-5-14(18)12(13)9-20-15-6-1-3-11(15)16-10-21-8-7-19-16;/h2,4-5,11,15-16,19-20H,1,3,6-10H2;1H. The summed E-state index contributed by atoms with van der Waals surface area (Å²) in [5.74, 6) is 0.319. The van der Waals surface area contributed by atoms with Gasteiger partial charge < -0.3 is 15.4 Å². The van der Waals surface area contributed by atoms with Crippen LogP contribution in [0.3, 0.4) is 0 Å². The monoisotopic (exact) mass is 348 g/mol. The van der Waals surface area contributed by atoms with Crippen LogP contribution in [0.25, 0.3) is 0 Å². The maximum atomic E-state index is 13.8. The third-order valence-electron chi connectivity index (χ3n) is 4.64. The molecule has 6 heteroatoms. The Balaban J connectivity index is 0.00000176. The zero-order chi connectivity index (χ0) is 14.7. The molecule has 1 heterocycles. The van der Waals surface area contributed by atoms with Gasteiger partial charge in [-0.15, -0.1) is 12.4 Å². The third kappa shape index (κ3) is 4.12. The minimum absolute atomic E-state index is 0. The van der Waals surface area contributed by atoms with Crippen molar-refractivity contribution in [2.24, 2.45) is 5.92 Å². The second-order valence-corrected chi connectivity index (χ2v) is 6.33. The molecule has 0 radical (unpaired) electrons. The lowest BCUT2D eigenvalue weighted by Crippen LogP contribution is -2.50. The van der Waals surface area contributed by atoms with Crippen molar-refractivity contribution in [3.63, 3.8) is 0 Å². The molecule has 1 aromatic carbocycles. The zero-order valence-electron chi connectivity index (χ0n) is 12.5. The molecule has 0 amide bonds. The molecule has 22 heavy (non-hydrogen) atoms. The van der Waals surface area contributed by atoms with E-state index in [0.29, 0.717) is 35.1 Å². The third-order valence-corrected chi connectivity index (χ3v) is 4.99. The van der Waals surface area contributed by atoms with Gasteiger partial charge in [-0.2, -0.15) is 0 Å². The smallest absolute Gasteiger partial charge is 0.129 e. The molecule has 1 aliphatic carbocycles. The first-order valence-electron chi connectivity index (χ1n) is 7.73. The predicted octanol–water partition coefficient (Wildman–Crippen LogP) is 3.15. The summed E-state index contributed by atoms with van der Waals surface area (Å²) in [6.07, 6.45) is 3.55. The highest BCUT2D eigenvalue weighted by Gasteiger charge is 2.34. The SMILES string of the molecule is Cl.Fc1cccc(Cl)c1CNC1CCCC1C1COCCN1. The van der Waals surface area contributed by atoms with Gasteiger partial charge in [-0.25, -0.2) is 4.39 Å². The molecule has 2 fully saturated rings. The predicted molar refractivity (Wildman–Crippen MR) is 89.2 cm³/mol. The summed E-state index contributed by atoms with van der Waals surface area (Å²) in [4.78, 5) is 0. The van der Waals surface area contributed by atoms with Crippen LogP contribution in [0.5, 0.6) is 0 Å². The maximum Gasteiger partial charge on any atom is 0.129 e. The molecule has 0 spiro atoms. The van der Waals surface area contributed by atoms with Crippen LogP contribution in [0.15, 0.2) is 18.2 Å². The number of halogens is 3. The summed E-state index contributed by atoms with van der Waals surface area (Å²) in [5, 5.41) is 7.55. The number of nitrogens with one attached hydrogen (secondary N) is 2. The first-order chi connectivity index (χ1) is 10.3. The van der Waals surface area contributed by atoms with Gasteiger partial charge >= 0.3 is 0 Å². The summed E-state index contributed by atoms with van der Waals surface area (Å²) in [6, 6.07) is 5.66. The molecular weight excluding hydrogens is 326 g/mol. The Bertz CT molecular complexity index is 463. The van der Waals surface area contributed by atoms with Crippen molar-refractivity contribution in [3.8, 4) is 0 Å². The van der Waals surface area contributed by atoms with E-state index in [1.165, 1.54) is 18.9 Å². The van der Waals surface area contributed by atoms with Crippen molar-refractivity contribution in [3.05, 3.63) is 34.6 Å². The quantitative estimate of drug-likeness (QED) is 0.876. The van der Waals surface area contributed by atoms with E-state index >= 15 is 0 Å². The molecule has 1 saturated carbocycles. The van der Waals surface area contributed by atoms with Crippen LogP contribution in [0.4, 0.5) is 4.39 Å². The van der Waals surface area contributed by atoms with Crippen LogP contribution in [-0.4, -0.2) is 31.8 Å². The lowest BCUT2D eigenvalue weighted by molar-refractivity contribution is 0.0524. The summed E-state index contributed by atoms with van der Waals surface area (Å²) in [6.45, 7) is 2.99. The molecule has 3 atom stereocenters. The van der Waals surface area contributed by atoms with Crippen molar-refractivity contribution in [1.82, 2.24) is 10.6 Å². The molecule has 0 aromatic heterocycles. The molecule has 2 aliphatic rings. The lowest BCUT2D eigenvalue weighted by Gasteiger charge is -2.33. The molecule has 1 aliphatic heterocycles. The van der Waals surface area contributed by atoms with Crippen LogP contribution in [0, 0.1) is 11.7 Å². The highest BCUT2D eigenvalue weighted by Crippen LogP contribution is 2.30. The number of hydrogen-bond donors (Lipinski definition) is 2. The Morgan fingerprint density at radius 2 is 2.23 bits per heavy atom. The van der Waals surface area contributed by atoms with E-state index in [1.54, 1.807) is 12.1 Å². The molecule has 124 valence electrons. The van der Waals surface area contributed by atoms with Crippen molar-refractivity contribution in [2.45, 2.75) is 37.9 Å². The average Bonchev–Trinajstić information content (AvgIpc) is 2.96. The number of ether oxygens (including phenoxy) is 1. The van der Waals surface area contributed by atoms with Crippen LogP contribution >= 0.6 is 24.0 Å². The first kappa shape index (κ1) is 18.0. The summed E-state index contributed by atoms with van der Waals surface area (Å²) >= 11 is 6.09. The van der Waals surface area contributed by atoms with Gasteiger partial charge in [0.25, 0.3) is 0 Å². The molecule has 2 N–H and O–H groups in total. The van der Waals surface area contributed by atoms with Gasteiger partial charge in [0.05, 0.1) is 13.2 Å². The van der Waals surface area contributed by atoms with Gasteiger partial charge in [-0.3, -0.25) is 0 Å². The number of rotatable bonds is 4. The largest absolute Gasteiger partial charge is 0.379 e. The van der Waals surface area contributed by atoms with E-state index < -0.39 is 0 Å². The van der Waals surface area contributed by atoms with Gasteiger partial charge in [0.15, 0.2) is 0 Å². The van der Waals surface area contributed by atoms with Crippen LogP contribution in [0.2, 0.25) is 5.02 Å². The van der Waals surface area contributed by atoms with Crippen molar-refractivity contribution >= 4 is 24.0 Å². The van der Waals surface area contributed by atoms with Crippen LogP contribution < -0.4 is 10.6 Å². The highest BCUT2D eigenvalue weighted by atomic mass is 35.5. The van der Waals surface area contributed by atoms with Crippen LogP contribution in [-0.2, 0) is 11.3 Å². The molecule has 1 aromatic rings. The Labute approximate surface area is 142 Å². The number of hydrogen-bond acceptors (Lipinski definition) is 3. The molecule has 3 nitrogen and oxygen atoms in total. The number of benzene rings is 1. The summed E-state index contributed by atoms with van der Waals surface area (Å²) < 4.78 is 19.4. The Morgan fingerprint density at radius 1 is 1.36 bits per heavy atom. The van der Waals surface area contributed by atoms with E-state index in [4.69, 9.17) is 16.3 Å². The fraction of sp³-hybridized carbons (Fsp3) is 0.625. The van der Waals surface area contributed by atoms with E-state index in [1.807, 2.05) is 0 Å². The Kier molecular flexibility index (Phi) is 6.90. The van der Waals surface area contributed by atoms with Crippen molar-refractivity contribution in [1.29, 1.82) is 0 Å². The maximum absolute atomic E-state index is 13.8. The van der Waals surface area contributed by atoms with Gasteiger partial charge in [0.1, 0.15) is 5.82 Å². The van der Waals surface area contributed by atoms with E-state index in [0.717, 1.165) is 26.2 Å². The number of morpholine rings is 1. The van der Waals surface area contributed by atoms with E-state index in [9.17, 15) is 4.39 Å². The molecule has 1 saturated heterocycles. The van der Waals surface area contributed by atoms with Gasteiger partial charge in [-0.05, 0) is 30.9 Å². The summed E-state index contributed by atoms with van der Waals surface area (Å²) in [7, 11) is 0. The fourth-order valence-electron chi connectivity index (χ4n) is 3.52. The highest BCUT2D eigenvalue weighted by molar-refractivity contribution is 6.31. The first-order valence-corrected chi connectivity index (χ1v) is 8.11. The van der Waals surface area contributed by atoms with E-state index in [-0.39, 0.29) is 18.2 Å². The van der Waals surface area contributed by atoms with E-state index in [2.05, 4.69) is 10.6 Å². The molecule has 3 rings (SSSR count).